The number of rotatable bonds is 5. The predicted octanol–water partition coefficient (Wildman–Crippen LogP) is 2.41. The van der Waals surface area contributed by atoms with Crippen molar-refractivity contribution in [1.29, 1.82) is 0 Å². The van der Waals surface area contributed by atoms with Crippen LogP contribution in [0.4, 0.5) is 11.5 Å². The summed E-state index contributed by atoms with van der Waals surface area (Å²) in [5.41, 5.74) is 4.35. The monoisotopic (exact) mass is 390 g/mol. The van der Waals surface area contributed by atoms with Crippen molar-refractivity contribution in [2.24, 2.45) is 0 Å². The summed E-state index contributed by atoms with van der Waals surface area (Å²) in [6.45, 7) is 0. The molecule has 0 spiro atoms. The van der Waals surface area contributed by atoms with E-state index in [4.69, 9.17) is 4.98 Å². The van der Waals surface area contributed by atoms with Crippen LogP contribution in [0.2, 0.25) is 0 Å². The highest BCUT2D eigenvalue weighted by atomic mass is 16.1. The Hall–Kier alpha value is -3.62. The topological polar surface area (TPSA) is 101 Å². The van der Waals surface area contributed by atoms with Gasteiger partial charge < -0.3 is 16.0 Å². The number of hydrogen-bond acceptors (Lipinski definition) is 6. The normalized spacial score (nSPS) is 14.1. The van der Waals surface area contributed by atoms with Gasteiger partial charge in [0, 0.05) is 38.6 Å². The van der Waals surface area contributed by atoms with Crippen LogP contribution in [-0.2, 0) is 0 Å². The van der Waals surface area contributed by atoms with Gasteiger partial charge in [-0.05, 0) is 31.4 Å². The molecule has 3 N–H and O–H groups in total. The van der Waals surface area contributed by atoms with E-state index in [1.165, 1.54) is 0 Å². The zero-order chi connectivity index (χ0) is 20.0. The smallest absolute Gasteiger partial charge is 0.256 e. The maximum Gasteiger partial charge on any atom is 0.256 e. The standard InChI is InChI=1S/C20H22N8O/c1-21-14-6-7-16(27-9-8-23-19(14)27)15-10-17(22-2)28-18(26-15)13(11-24-28)20(29)25-12-4-3-5-12/h6-12,21-22H,3-5H2,1-2H3,(H,25,29). The molecule has 1 fully saturated rings. The van der Waals surface area contributed by atoms with Crippen LogP contribution in [0.1, 0.15) is 29.6 Å². The number of imidazole rings is 1. The molecular weight excluding hydrogens is 368 g/mol. The van der Waals surface area contributed by atoms with Gasteiger partial charge in [-0.1, -0.05) is 0 Å². The quantitative estimate of drug-likeness (QED) is 0.484. The minimum Gasteiger partial charge on any atom is -0.385 e. The first-order valence-electron chi connectivity index (χ1n) is 9.71. The van der Waals surface area contributed by atoms with Crippen LogP contribution < -0.4 is 16.0 Å². The summed E-state index contributed by atoms with van der Waals surface area (Å²) in [6, 6.07) is 6.14. The van der Waals surface area contributed by atoms with E-state index in [9.17, 15) is 4.79 Å². The van der Waals surface area contributed by atoms with E-state index in [2.05, 4.69) is 26.0 Å². The summed E-state index contributed by atoms with van der Waals surface area (Å²) in [5, 5.41) is 13.8. The Kier molecular flexibility index (Phi) is 4.08. The lowest BCUT2D eigenvalue weighted by molar-refractivity contribution is 0.0918. The summed E-state index contributed by atoms with van der Waals surface area (Å²) in [7, 11) is 3.69. The first-order valence-corrected chi connectivity index (χ1v) is 9.71. The summed E-state index contributed by atoms with van der Waals surface area (Å²) < 4.78 is 3.64. The number of hydrogen-bond donors (Lipinski definition) is 3. The molecule has 4 aromatic heterocycles. The molecule has 1 aliphatic rings. The molecule has 5 rings (SSSR count). The Morgan fingerprint density at radius 3 is 2.76 bits per heavy atom. The number of nitrogens with zero attached hydrogens (tertiary/aromatic N) is 5. The molecule has 9 heteroatoms. The molecule has 1 amide bonds. The second kappa shape index (κ2) is 6.77. The van der Waals surface area contributed by atoms with Crippen molar-refractivity contribution >= 4 is 28.7 Å². The number of anilines is 2. The van der Waals surface area contributed by atoms with Gasteiger partial charge in [-0.3, -0.25) is 9.20 Å². The number of aromatic nitrogens is 5. The average Bonchev–Trinajstić information content (AvgIpc) is 3.36. The van der Waals surface area contributed by atoms with Crippen molar-refractivity contribution in [2.45, 2.75) is 25.3 Å². The van der Waals surface area contributed by atoms with Crippen LogP contribution in [0.15, 0.2) is 36.8 Å². The van der Waals surface area contributed by atoms with Crippen LogP contribution in [0, 0.1) is 0 Å². The maximum absolute atomic E-state index is 12.8. The summed E-state index contributed by atoms with van der Waals surface area (Å²) in [4.78, 5) is 22.0. The molecule has 0 radical (unpaired) electrons. The van der Waals surface area contributed by atoms with Crippen molar-refractivity contribution in [3.05, 3.63) is 42.4 Å². The Bertz CT molecular complexity index is 1220. The van der Waals surface area contributed by atoms with Crippen molar-refractivity contribution < 1.29 is 4.79 Å². The molecule has 1 aliphatic carbocycles. The molecule has 4 heterocycles. The molecule has 1 saturated carbocycles. The zero-order valence-corrected chi connectivity index (χ0v) is 16.3. The van der Waals surface area contributed by atoms with Gasteiger partial charge in [0.2, 0.25) is 0 Å². The number of amides is 1. The molecule has 4 aromatic rings. The number of carbonyl (C=O) groups is 1. The first-order chi connectivity index (χ1) is 14.2. The van der Waals surface area contributed by atoms with Gasteiger partial charge in [0.15, 0.2) is 11.3 Å². The summed E-state index contributed by atoms with van der Waals surface area (Å²) in [5.74, 6) is 0.619. The van der Waals surface area contributed by atoms with Crippen molar-refractivity contribution in [2.75, 3.05) is 24.7 Å². The average molecular weight is 390 g/mol. The van der Waals surface area contributed by atoms with E-state index in [1.807, 2.05) is 42.9 Å². The third-order valence-corrected chi connectivity index (χ3v) is 5.49. The summed E-state index contributed by atoms with van der Waals surface area (Å²) in [6.07, 6.45) is 8.46. The predicted molar refractivity (Wildman–Crippen MR) is 111 cm³/mol. The molecule has 0 bridgehead atoms. The van der Waals surface area contributed by atoms with Crippen molar-refractivity contribution in [3.63, 3.8) is 0 Å². The Morgan fingerprint density at radius 2 is 2.03 bits per heavy atom. The molecule has 9 nitrogen and oxygen atoms in total. The van der Waals surface area contributed by atoms with E-state index in [0.29, 0.717) is 11.2 Å². The highest BCUT2D eigenvalue weighted by Crippen LogP contribution is 2.27. The van der Waals surface area contributed by atoms with Crippen LogP contribution in [0.5, 0.6) is 0 Å². The summed E-state index contributed by atoms with van der Waals surface area (Å²) >= 11 is 0. The lowest BCUT2D eigenvalue weighted by Gasteiger charge is -2.26. The van der Waals surface area contributed by atoms with Crippen molar-refractivity contribution in [1.82, 2.24) is 29.3 Å². The molecule has 0 aromatic carbocycles. The van der Waals surface area contributed by atoms with Gasteiger partial charge in [0.05, 0.1) is 23.3 Å². The van der Waals surface area contributed by atoms with Gasteiger partial charge in [-0.2, -0.15) is 9.61 Å². The molecule has 0 saturated heterocycles. The minimum atomic E-state index is -0.130. The fourth-order valence-electron chi connectivity index (χ4n) is 3.67. The molecule has 0 aliphatic heterocycles. The lowest BCUT2D eigenvalue weighted by Crippen LogP contribution is -2.39. The maximum atomic E-state index is 12.8. The Balaban J connectivity index is 1.66. The third kappa shape index (κ3) is 2.77. The van der Waals surface area contributed by atoms with E-state index in [1.54, 1.807) is 16.9 Å². The van der Waals surface area contributed by atoms with Gasteiger partial charge in [0.25, 0.3) is 5.91 Å². The molecule has 29 heavy (non-hydrogen) atoms. The van der Waals surface area contributed by atoms with E-state index < -0.39 is 0 Å². The zero-order valence-electron chi connectivity index (χ0n) is 16.3. The minimum absolute atomic E-state index is 0.130. The van der Waals surface area contributed by atoms with Gasteiger partial charge in [-0.25, -0.2) is 9.97 Å². The Morgan fingerprint density at radius 1 is 1.17 bits per heavy atom. The number of pyridine rings is 1. The molecule has 0 unspecified atom stereocenters. The number of fused-ring (bicyclic) bond motifs is 2. The second-order valence-electron chi connectivity index (χ2n) is 7.17. The van der Waals surface area contributed by atoms with E-state index in [0.717, 1.165) is 47.8 Å². The second-order valence-corrected chi connectivity index (χ2v) is 7.17. The lowest BCUT2D eigenvalue weighted by atomic mass is 9.93. The number of nitrogens with one attached hydrogen (secondary N) is 3. The van der Waals surface area contributed by atoms with E-state index >= 15 is 0 Å². The van der Waals surface area contributed by atoms with Gasteiger partial charge in [-0.15, -0.1) is 0 Å². The SMILES string of the molecule is CNc1ccc(-c2cc(NC)n3ncc(C(=O)NC4CCC4)c3n2)n2ccnc12. The molecule has 0 atom stereocenters. The first kappa shape index (κ1) is 17.5. The third-order valence-electron chi connectivity index (χ3n) is 5.49. The van der Waals surface area contributed by atoms with Crippen molar-refractivity contribution in [3.8, 4) is 11.4 Å². The van der Waals surface area contributed by atoms with Crippen LogP contribution in [-0.4, -0.2) is 50.0 Å². The number of carbonyl (C=O) groups excluding carboxylic acids is 1. The Labute approximate surface area is 167 Å². The molecule has 148 valence electrons. The highest BCUT2D eigenvalue weighted by Gasteiger charge is 2.23. The largest absolute Gasteiger partial charge is 0.385 e. The van der Waals surface area contributed by atoms with Crippen LogP contribution >= 0.6 is 0 Å². The fourth-order valence-corrected chi connectivity index (χ4v) is 3.67. The van der Waals surface area contributed by atoms with Gasteiger partial charge >= 0.3 is 0 Å². The highest BCUT2D eigenvalue weighted by molar-refractivity contribution is 6.00. The molecular formula is C20H22N8O. The van der Waals surface area contributed by atoms with Crippen LogP contribution in [0.25, 0.3) is 22.7 Å². The van der Waals surface area contributed by atoms with E-state index in [-0.39, 0.29) is 11.9 Å². The van der Waals surface area contributed by atoms with Crippen LogP contribution in [0.3, 0.4) is 0 Å². The van der Waals surface area contributed by atoms with Gasteiger partial charge in [0.1, 0.15) is 11.4 Å². The fraction of sp³-hybridized carbons (Fsp3) is 0.300.